The lowest BCUT2D eigenvalue weighted by Gasteiger charge is -2.00. The minimum absolute atomic E-state index is 0.333. The van der Waals surface area contributed by atoms with Crippen molar-refractivity contribution in [1.82, 2.24) is 3.97 Å². The smallest absolute Gasteiger partial charge is 0.407 e. The molecular weight excluding hydrogens is 313 g/mol. The van der Waals surface area contributed by atoms with Gasteiger partial charge in [-0.25, -0.2) is 4.79 Å². The van der Waals surface area contributed by atoms with Gasteiger partial charge in [0.1, 0.15) is 5.52 Å². The molecule has 0 aliphatic carbocycles. The van der Waals surface area contributed by atoms with Crippen molar-refractivity contribution in [3.63, 3.8) is 0 Å². The third-order valence-electron chi connectivity index (χ3n) is 2.24. The number of nitrogens with zero attached hydrogens (tertiary/aromatic N) is 1. The molecule has 0 spiro atoms. The maximum absolute atomic E-state index is 12.0. The monoisotopic (exact) mass is 322 g/mol. The van der Waals surface area contributed by atoms with Crippen LogP contribution in [0.15, 0.2) is 27.4 Å². The van der Waals surface area contributed by atoms with Gasteiger partial charge in [-0.15, -0.1) is 0 Å². The van der Waals surface area contributed by atoms with Crippen molar-refractivity contribution < 1.29 is 18.5 Å². The predicted molar refractivity (Wildman–Crippen MR) is 73.9 cm³/mol. The van der Waals surface area contributed by atoms with Crippen LogP contribution in [0.4, 0.5) is 0 Å². The van der Waals surface area contributed by atoms with E-state index in [-0.39, 0.29) is 0 Å². The molecule has 0 bridgehead atoms. The zero-order valence-corrected chi connectivity index (χ0v) is 12.5. The molecule has 0 aliphatic heterocycles. The highest BCUT2D eigenvalue weighted by atomic mass is 35.5. The molecule has 6 nitrogen and oxygen atoms in total. The Labute approximate surface area is 118 Å². The summed E-state index contributed by atoms with van der Waals surface area (Å²) >= 11 is 6.60. The topological polar surface area (TPSA) is 70.7 Å². The lowest BCUT2D eigenvalue weighted by molar-refractivity contribution is -0.0392. The summed E-state index contributed by atoms with van der Waals surface area (Å²) in [4.78, 5) is 11.7. The number of oxazole rings is 1. The van der Waals surface area contributed by atoms with E-state index in [2.05, 4.69) is 0 Å². The molecule has 0 aliphatic rings. The Bertz CT molecular complexity index is 665. The highest BCUT2D eigenvalue weighted by molar-refractivity contribution is 8.51. The van der Waals surface area contributed by atoms with E-state index in [1.807, 2.05) is 0 Å². The first kappa shape index (κ1) is 14.6. The standard InChI is InChI=1S/C10H10ClNO5PS/c1-15-10(16-2)18(14)19-12-7-4-3-6(11)5-8(7)17-9(12)13/h3-5,10H,1-2H3/q+1. The van der Waals surface area contributed by atoms with Crippen LogP contribution >= 0.6 is 30.2 Å². The van der Waals surface area contributed by atoms with Crippen LogP contribution < -0.4 is 5.76 Å². The van der Waals surface area contributed by atoms with Crippen LogP contribution in [0.5, 0.6) is 0 Å². The second kappa shape index (κ2) is 6.07. The number of benzene rings is 1. The molecule has 19 heavy (non-hydrogen) atoms. The van der Waals surface area contributed by atoms with E-state index in [0.717, 1.165) is 11.6 Å². The molecule has 1 aromatic heterocycles. The Morgan fingerprint density at radius 3 is 2.74 bits per heavy atom. The summed E-state index contributed by atoms with van der Waals surface area (Å²) < 4.78 is 28.0. The maximum Gasteiger partial charge on any atom is 0.496 e. The summed E-state index contributed by atoms with van der Waals surface area (Å²) in [6.07, 6.45) is 0. The Kier molecular flexibility index (Phi) is 4.65. The Morgan fingerprint density at radius 1 is 1.42 bits per heavy atom. The molecule has 0 amide bonds. The largest absolute Gasteiger partial charge is 0.496 e. The van der Waals surface area contributed by atoms with Gasteiger partial charge in [0.25, 0.3) is 11.6 Å². The lowest BCUT2D eigenvalue weighted by Crippen LogP contribution is -2.10. The van der Waals surface area contributed by atoms with Crippen LogP contribution in [0.25, 0.3) is 11.1 Å². The summed E-state index contributed by atoms with van der Waals surface area (Å²) in [5.74, 6) is -0.628. The first-order valence-electron chi connectivity index (χ1n) is 5.08. The van der Waals surface area contributed by atoms with E-state index in [0.29, 0.717) is 16.1 Å². The van der Waals surface area contributed by atoms with Crippen molar-refractivity contribution in [3.8, 4) is 0 Å². The fourth-order valence-corrected chi connectivity index (χ4v) is 4.22. The molecule has 102 valence electrons. The number of hydrogen-bond acceptors (Lipinski definition) is 6. The van der Waals surface area contributed by atoms with E-state index in [1.165, 1.54) is 24.3 Å². The van der Waals surface area contributed by atoms with Gasteiger partial charge < -0.3 is 13.9 Å². The molecule has 0 fully saturated rings. The Balaban J connectivity index is 2.38. The normalized spacial score (nSPS) is 12.3. The van der Waals surface area contributed by atoms with E-state index in [9.17, 15) is 9.36 Å². The van der Waals surface area contributed by atoms with Gasteiger partial charge in [0.15, 0.2) is 5.58 Å². The van der Waals surface area contributed by atoms with Gasteiger partial charge in [0.2, 0.25) is 0 Å². The Hall–Kier alpha value is -0.850. The molecule has 1 unspecified atom stereocenters. The zero-order valence-electron chi connectivity index (χ0n) is 10.0. The average molecular weight is 323 g/mol. The minimum atomic E-state index is -2.00. The number of rotatable bonds is 5. The molecule has 9 heteroatoms. The van der Waals surface area contributed by atoms with Gasteiger partial charge in [-0.1, -0.05) is 16.2 Å². The predicted octanol–water partition coefficient (Wildman–Crippen LogP) is 3.06. The van der Waals surface area contributed by atoms with Gasteiger partial charge in [-0.05, 0) is 12.1 Å². The van der Waals surface area contributed by atoms with Crippen molar-refractivity contribution in [2.75, 3.05) is 14.2 Å². The van der Waals surface area contributed by atoms with Gasteiger partial charge in [0.05, 0.1) is 0 Å². The number of halogens is 1. The summed E-state index contributed by atoms with van der Waals surface area (Å²) in [5, 5.41) is 0.453. The molecule has 1 aromatic carbocycles. The van der Waals surface area contributed by atoms with Crippen LogP contribution in [-0.4, -0.2) is 24.2 Å². The van der Waals surface area contributed by atoms with Crippen molar-refractivity contribution in [1.29, 1.82) is 0 Å². The molecule has 2 rings (SSSR count). The Morgan fingerprint density at radius 2 is 2.11 bits per heavy atom. The van der Waals surface area contributed by atoms with Gasteiger partial charge in [-0.2, -0.15) is 3.97 Å². The summed E-state index contributed by atoms with van der Waals surface area (Å²) in [6, 6.07) is 3.86. The fourth-order valence-electron chi connectivity index (χ4n) is 1.44. The number of fused-ring (bicyclic) bond motifs is 1. The van der Waals surface area contributed by atoms with Gasteiger partial charge in [0, 0.05) is 25.3 Å². The second-order valence-electron chi connectivity index (χ2n) is 3.42. The van der Waals surface area contributed by atoms with Crippen molar-refractivity contribution in [3.05, 3.63) is 33.8 Å². The minimum Gasteiger partial charge on any atom is -0.407 e. The molecule has 0 radical (unpaired) electrons. The first-order valence-corrected chi connectivity index (χ1v) is 8.17. The van der Waals surface area contributed by atoms with Crippen LogP contribution in [0.2, 0.25) is 5.02 Å². The number of ether oxygens (including phenoxy) is 2. The summed E-state index contributed by atoms with van der Waals surface area (Å²) in [7, 11) is 0.746. The van der Waals surface area contributed by atoms with Crippen LogP contribution in [0, 0.1) is 0 Å². The van der Waals surface area contributed by atoms with Crippen molar-refractivity contribution in [2.45, 2.75) is 6.03 Å². The number of methoxy groups -OCH3 is 2. The van der Waals surface area contributed by atoms with E-state index in [1.54, 1.807) is 12.1 Å². The SMILES string of the molecule is COC(OC)[P+](=O)Sn1c(=O)oc2cc(Cl)ccc21. The van der Waals surface area contributed by atoms with E-state index < -0.39 is 18.8 Å². The third kappa shape index (κ3) is 3.01. The highest BCUT2D eigenvalue weighted by Gasteiger charge is 2.35. The fraction of sp³-hybridized carbons (Fsp3) is 0.300. The number of hydrogen-bond donors (Lipinski definition) is 0. The molecular formula is C10H10ClNO5PS+. The van der Waals surface area contributed by atoms with Crippen molar-refractivity contribution in [2.24, 2.45) is 0 Å². The number of aromatic nitrogens is 1. The average Bonchev–Trinajstić information content (AvgIpc) is 2.66. The highest BCUT2D eigenvalue weighted by Crippen LogP contribution is 2.44. The molecule has 2 aromatic rings. The van der Waals surface area contributed by atoms with Crippen LogP contribution in [-0.2, 0) is 14.0 Å². The van der Waals surface area contributed by atoms with Gasteiger partial charge in [-0.3, -0.25) is 0 Å². The molecule has 0 saturated heterocycles. The van der Waals surface area contributed by atoms with Crippen LogP contribution in [0.3, 0.4) is 0 Å². The third-order valence-corrected chi connectivity index (χ3v) is 5.40. The lowest BCUT2D eigenvalue weighted by atomic mass is 10.3. The quantitative estimate of drug-likeness (QED) is 0.622. The molecule has 0 N–H and O–H groups in total. The summed E-state index contributed by atoms with van der Waals surface area (Å²) in [5.41, 5.74) is 0.827. The second-order valence-corrected chi connectivity index (χ2v) is 6.95. The zero-order chi connectivity index (χ0) is 14.0. The molecule has 0 saturated carbocycles. The molecule has 1 atom stereocenters. The van der Waals surface area contributed by atoms with E-state index in [4.69, 9.17) is 25.5 Å². The van der Waals surface area contributed by atoms with Gasteiger partial charge >= 0.3 is 18.8 Å². The maximum atomic E-state index is 12.0. The first-order chi connectivity index (χ1) is 9.06. The van der Waals surface area contributed by atoms with Crippen LogP contribution in [0.1, 0.15) is 0 Å². The molecule has 1 heterocycles. The summed E-state index contributed by atoms with van der Waals surface area (Å²) in [6.45, 7) is 0. The van der Waals surface area contributed by atoms with E-state index >= 15 is 0 Å². The van der Waals surface area contributed by atoms with Crippen molar-refractivity contribution >= 4 is 41.3 Å².